The predicted molar refractivity (Wildman–Crippen MR) is 78.1 cm³/mol. The number of nitrogens with zero attached hydrogens (tertiary/aromatic N) is 2. The molecular weight excluding hydrogens is 254 g/mol. The average molecular weight is 273 g/mol. The monoisotopic (exact) mass is 273 g/mol. The van der Waals surface area contributed by atoms with E-state index in [-0.39, 0.29) is 11.9 Å². The van der Waals surface area contributed by atoms with E-state index < -0.39 is 0 Å². The van der Waals surface area contributed by atoms with Crippen LogP contribution in [0.2, 0.25) is 0 Å². The van der Waals surface area contributed by atoms with Crippen molar-refractivity contribution in [3.8, 4) is 11.4 Å². The van der Waals surface area contributed by atoms with Crippen molar-refractivity contribution in [1.29, 1.82) is 0 Å². The van der Waals surface area contributed by atoms with Crippen LogP contribution in [0.25, 0.3) is 11.4 Å². The highest BCUT2D eigenvalue weighted by molar-refractivity contribution is 5.90. The summed E-state index contributed by atoms with van der Waals surface area (Å²) in [6.07, 6.45) is 1.11. The lowest BCUT2D eigenvalue weighted by atomic mass is 10.1. The van der Waals surface area contributed by atoms with E-state index in [1.807, 2.05) is 38.1 Å². The van der Waals surface area contributed by atoms with Gasteiger partial charge in [-0.05, 0) is 44.5 Å². The highest BCUT2D eigenvalue weighted by Gasteiger charge is 2.06. The Kier molecular flexibility index (Phi) is 4.47. The average Bonchev–Trinajstić information content (AvgIpc) is 2.84. The number of benzene rings is 1. The number of carbonyl (C=O) groups is 1. The summed E-state index contributed by atoms with van der Waals surface area (Å²) in [4.78, 5) is 15.9. The van der Waals surface area contributed by atoms with Crippen molar-refractivity contribution in [2.24, 2.45) is 5.73 Å². The third-order valence-electron chi connectivity index (χ3n) is 2.85. The second kappa shape index (κ2) is 6.29. The van der Waals surface area contributed by atoms with E-state index in [4.69, 9.17) is 5.73 Å². The lowest BCUT2D eigenvalue weighted by Gasteiger charge is -2.07. The second-order valence-corrected chi connectivity index (χ2v) is 4.89. The topological polar surface area (TPSA) is 96.7 Å². The van der Waals surface area contributed by atoms with Crippen LogP contribution in [0.15, 0.2) is 24.3 Å². The second-order valence-electron chi connectivity index (χ2n) is 4.89. The summed E-state index contributed by atoms with van der Waals surface area (Å²) in [5.74, 6) is 1.40. The van der Waals surface area contributed by atoms with Crippen molar-refractivity contribution in [1.82, 2.24) is 15.2 Å². The van der Waals surface area contributed by atoms with Crippen molar-refractivity contribution >= 4 is 11.6 Å². The summed E-state index contributed by atoms with van der Waals surface area (Å²) >= 11 is 0. The zero-order valence-corrected chi connectivity index (χ0v) is 11.7. The Balaban J connectivity index is 1.96. The van der Waals surface area contributed by atoms with Gasteiger partial charge in [0.1, 0.15) is 5.82 Å². The van der Waals surface area contributed by atoms with Crippen LogP contribution >= 0.6 is 0 Å². The first-order valence-electron chi connectivity index (χ1n) is 6.59. The van der Waals surface area contributed by atoms with E-state index in [9.17, 15) is 4.79 Å². The molecule has 0 fully saturated rings. The molecule has 2 aromatic rings. The molecule has 0 saturated heterocycles. The molecule has 20 heavy (non-hydrogen) atoms. The number of nitrogens with two attached hydrogens (primary N) is 1. The van der Waals surface area contributed by atoms with E-state index in [2.05, 4.69) is 20.5 Å². The summed E-state index contributed by atoms with van der Waals surface area (Å²) < 4.78 is 0. The number of anilines is 1. The molecule has 0 bridgehead atoms. The Morgan fingerprint density at radius 1 is 1.40 bits per heavy atom. The Hall–Kier alpha value is -2.21. The summed E-state index contributed by atoms with van der Waals surface area (Å²) in [5.41, 5.74) is 7.29. The normalized spacial score (nSPS) is 12.2. The maximum atomic E-state index is 11.7. The quantitative estimate of drug-likeness (QED) is 0.774. The third-order valence-corrected chi connectivity index (χ3v) is 2.85. The van der Waals surface area contributed by atoms with Gasteiger partial charge >= 0.3 is 0 Å². The molecule has 106 valence electrons. The van der Waals surface area contributed by atoms with Crippen molar-refractivity contribution < 1.29 is 4.79 Å². The van der Waals surface area contributed by atoms with E-state index in [0.717, 1.165) is 17.1 Å². The molecule has 6 heteroatoms. The summed E-state index contributed by atoms with van der Waals surface area (Å²) in [5, 5.41) is 9.72. The van der Waals surface area contributed by atoms with Crippen LogP contribution in [-0.4, -0.2) is 27.1 Å². The molecule has 1 heterocycles. The summed E-state index contributed by atoms with van der Waals surface area (Å²) in [7, 11) is 0. The molecule has 0 aliphatic heterocycles. The Labute approximate surface area is 117 Å². The molecule has 4 N–H and O–H groups in total. The van der Waals surface area contributed by atoms with Crippen molar-refractivity contribution in [2.45, 2.75) is 32.7 Å². The number of hydrogen-bond donors (Lipinski definition) is 3. The highest BCUT2D eigenvalue weighted by atomic mass is 16.1. The first kappa shape index (κ1) is 14.2. The zero-order chi connectivity index (χ0) is 14.5. The zero-order valence-electron chi connectivity index (χ0n) is 11.7. The van der Waals surface area contributed by atoms with Gasteiger partial charge in [0.05, 0.1) is 0 Å². The van der Waals surface area contributed by atoms with Gasteiger partial charge in [0, 0.05) is 23.7 Å². The smallest absolute Gasteiger partial charge is 0.224 e. The SMILES string of the molecule is Cc1nc(-c2ccc(NC(=O)CCC(C)N)cc2)n[nH]1. The number of amides is 1. The molecule has 2 rings (SSSR count). The molecule has 0 aliphatic rings. The standard InChI is InChI=1S/C14H19N5O/c1-9(15)3-8-13(20)17-12-6-4-11(5-7-12)14-16-10(2)18-19-14/h4-7,9H,3,8,15H2,1-2H3,(H,17,20)(H,16,18,19). The molecule has 0 radical (unpaired) electrons. The van der Waals surface area contributed by atoms with E-state index in [1.165, 1.54) is 0 Å². The van der Waals surface area contributed by atoms with Crippen LogP contribution in [-0.2, 0) is 4.79 Å². The largest absolute Gasteiger partial charge is 0.328 e. The van der Waals surface area contributed by atoms with Gasteiger partial charge in [0.15, 0.2) is 5.82 Å². The maximum Gasteiger partial charge on any atom is 0.224 e. The molecule has 1 amide bonds. The lowest BCUT2D eigenvalue weighted by molar-refractivity contribution is -0.116. The molecule has 1 aromatic heterocycles. The number of aromatic amines is 1. The molecule has 1 atom stereocenters. The fraction of sp³-hybridized carbons (Fsp3) is 0.357. The van der Waals surface area contributed by atoms with E-state index in [0.29, 0.717) is 18.7 Å². The molecule has 6 nitrogen and oxygen atoms in total. The Morgan fingerprint density at radius 3 is 2.65 bits per heavy atom. The Bertz CT molecular complexity index is 574. The number of aromatic nitrogens is 3. The fourth-order valence-electron chi connectivity index (χ4n) is 1.76. The van der Waals surface area contributed by atoms with Gasteiger partial charge in [-0.25, -0.2) is 4.98 Å². The molecule has 0 saturated carbocycles. The van der Waals surface area contributed by atoms with Gasteiger partial charge < -0.3 is 11.1 Å². The third kappa shape index (κ3) is 3.89. The van der Waals surface area contributed by atoms with Gasteiger partial charge in [-0.1, -0.05) is 0 Å². The minimum absolute atomic E-state index is 0.0243. The van der Waals surface area contributed by atoms with Gasteiger partial charge in [-0.15, -0.1) is 0 Å². The first-order chi connectivity index (χ1) is 9.54. The number of hydrogen-bond acceptors (Lipinski definition) is 4. The summed E-state index contributed by atoms with van der Waals surface area (Å²) in [6.45, 7) is 3.74. The number of carbonyl (C=O) groups excluding carboxylic acids is 1. The Morgan fingerprint density at radius 2 is 2.10 bits per heavy atom. The number of rotatable bonds is 5. The number of H-pyrrole nitrogens is 1. The summed E-state index contributed by atoms with van der Waals surface area (Å²) in [6, 6.07) is 7.47. The first-order valence-corrected chi connectivity index (χ1v) is 6.59. The molecule has 0 spiro atoms. The van der Waals surface area contributed by atoms with Gasteiger partial charge in [-0.3, -0.25) is 9.89 Å². The van der Waals surface area contributed by atoms with Gasteiger partial charge in [0.25, 0.3) is 0 Å². The van der Waals surface area contributed by atoms with Gasteiger partial charge in [0.2, 0.25) is 5.91 Å². The van der Waals surface area contributed by atoms with Gasteiger partial charge in [-0.2, -0.15) is 5.10 Å². The number of aryl methyl sites for hydroxylation is 1. The maximum absolute atomic E-state index is 11.7. The van der Waals surface area contributed by atoms with Crippen LogP contribution in [0, 0.1) is 6.92 Å². The number of nitrogens with one attached hydrogen (secondary N) is 2. The fourth-order valence-corrected chi connectivity index (χ4v) is 1.76. The van der Waals surface area contributed by atoms with Crippen molar-refractivity contribution in [3.63, 3.8) is 0 Å². The molecular formula is C14H19N5O. The van der Waals surface area contributed by atoms with E-state index in [1.54, 1.807) is 0 Å². The van der Waals surface area contributed by atoms with Crippen molar-refractivity contribution in [2.75, 3.05) is 5.32 Å². The van der Waals surface area contributed by atoms with Crippen LogP contribution in [0.4, 0.5) is 5.69 Å². The van der Waals surface area contributed by atoms with Crippen LogP contribution in [0.5, 0.6) is 0 Å². The van der Waals surface area contributed by atoms with Crippen LogP contribution in [0.3, 0.4) is 0 Å². The highest BCUT2D eigenvalue weighted by Crippen LogP contribution is 2.18. The van der Waals surface area contributed by atoms with Crippen molar-refractivity contribution in [3.05, 3.63) is 30.1 Å². The predicted octanol–water partition coefficient (Wildman–Crippen LogP) is 1.85. The minimum atomic E-state index is -0.0243. The van der Waals surface area contributed by atoms with Crippen LogP contribution < -0.4 is 11.1 Å². The lowest BCUT2D eigenvalue weighted by Crippen LogP contribution is -2.19. The molecule has 1 aromatic carbocycles. The molecule has 0 aliphatic carbocycles. The molecule has 1 unspecified atom stereocenters. The van der Waals surface area contributed by atoms with Crippen LogP contribution in [0.1, 0.15) is 25.6 Å². The minimum Gasteiger partial charge on any atom is -0.328 e. The van der Waals surface area contributed by atoms with E-state index >= 15 is 0 Å².